The van der Waals surface area contributed by atoms with E-state index in [1.807, 2.05) is 0 Å². The number of rotatable bonds is 7. The number of aromatic nitrogens is 1. The van der Waals surface area contributed by atoms with Crippen LogP contribution >= 0.6 is 23.2 Å². The lowest BCUT2D eigenvalue weighted by atomic mass is 10.3. The van der Waals surface area contributed by atoms with Gasteiger partial charge in [0, 0.05) is 25.8 Å². The third-order valence-electron chi connectivity index (χ3n) is 2.33. The fraction of sp³-hybridized carbons (Fsp3) is 0.500. The molecule has 0 aromatic carbocycles. The van der Waals surface area contributed by atoms with Crippen LogP contribution in [0.5, 0.6) is 0 Å². The third kappa shape index (κ3) is 6.50. The van der Waals surface area contributed by atoms with Crippen molar-refractivity contribution < 1.29 is 0 Å². The van der Waals surface area contributed by atoms with Gasteiger partial charge in [-0.2, -0.15) is 0 Å². The fourth-order valence-corrected chi connectivity index (χ4v) is 1.78. The number of unbranched alkanes of at least 4 members (excludes halogenated alkanes) is 1. The molecule has 0 bridgehead atoms. The number of pyridine rings is 1. The third-order valence-corrected chi connectivity index (χ3v) is 2.82. The minimum atomic E-state index is 0.463. The van der Waals surface area contributed by atoms with Crippen molar-refractivity contribution in [1.82, 2.24) is 10.3 Å². The van der Waals surface area contributed by atoms with Gasteiger partial charge in [-0.15, -0.1) is 0 Å². The number of nitrogens with zero attached hydrogens (tertiary/aromatic N) is 2. The Morgan fingerprint density at radius 3 is 2.89 bits per heavy atom. The molecular formula is C12H19Cl2N5. The second kappa shape index (κ2) is 8.82. The lowest BCUT2D eigenvalue weighted by Gasteiger charge is -2.09. The van der Waals surface area contributed by atoms with Crippen LogP contribution in [-0.2, 0) is 0 Å². The van der Waals surface area contributed by atoms with Crippen LogP contribution in [0.2, 0.25) is 10.0 Å². The molecule has 0 radical (unpaired) electrons. The largest absolute Gasteiger partial charge is 0.370 e. The lowest BCUT2D eigenvalue weighted by Crippen LogP contribution is -2.35. The Hall–Kier alpha value is -1.20. The first-order valence-corrected chi connectivity index (χ1v) is 6.97. The van der Waals surface area contributed by atoms with E-state index in [0.717, 1.165) is 19.4 Å². The highest BCUT2D eigenvalue weighted by Gasteiger charge is 2.01. The van der Waals surface area contributed by atoms with Gasteiger partial charge in [-0.1, -0.05) is 36.5 Å². The summed E-state index contributed by atoms with van der Waals surface area (Å²) in [6, 6.07) is 1.65. The zero-order valence-corrected chi connectivity index (χ0v) is 12.4. The Labute approximate surface area is 123 Å². The molecule has 1 rings (SSSR count). The number of guanidine groups is 1. The van der Waals surface area contributed by atoms with E-state index in [2.05, 4.69) is 27.5 Å². The van der Waals surface area contributed by atoms with Gasteiger partial charge < -0.3 is 16.4 Å². The van der Waals surface area contributed by atoms with Crippen molar-refractivity contribution in [2.45, 2.75) is 19.8 Å². The first kappa shape index (κ1) is 15.9. The van der Waals surface area contributed by atoms with E-state index in [1.54, 1.807) is 12.3 Å². The summed E-state index contributed by atoms with van der Waals surface area (Å²) < 4.78 is 0. The Balaban J connectivity index is 2.25. The summed E-state index contributed by atoms with van der Waals surface area (Å²) in [5.74, 6) is 1.07. The van der Waals surface area contributed by atoms with Gasteiger partial charge in [0.25, 0.3) is 0 Å². The van der Waals surface area contributed by atoms with Crippen LogP contribution in [0.15, 0.2) is 17.3 Å². The van der Waals surface area contributed by atoms with Gasteiger partial charge in [-0.3, -0.25) is 4.99 Å². The second-order valence-electron chi connectivity index (χ2n) is 3.96. The minimum absolute atomic E-state index is 0.463. The van der Waals surface area contributed by atoms with E-state index < -0.39 is 0 Å². The van der Waals surface area contributed by atoms with Crippen molar-refractivity contribution in [3.8, 4) is 0 Å². The Kier molecular flexibility index (Phi) is 7.36. The van der Waals surface area contributed by atoms with Gasteiger partial charge in [0.2, 0.25) is 0 Å². The molecule has 1 aromatic heterocycles. The maximum Gasteiger partial charge on any atom is 0.188 e. The molecule has 1 heterocycles. The van der Waals surface area contributed by atoms with Gasteiger partial charge >= 0.3 is 0 Å². The van der Waals surface area contributed by atoms with Crippen molar-refractivity contribution in [1.29, 1.82) is 0 Å². The first-order chi connectivity index (χ1) is 9.13. The molecule has 0 saturated heterocycles. The molecule has 1 aromatic rings. The standard InChI is InChI=1S/C12H19Cl2N5/c1-2-3-4-17-12(15)18-6-5-16-11-10(14)7-9(13)8-19-11/h7-8H,2-6H2,1H3,(H,16,19)(H3,15,17,18). The Bertz CT molecular complexity index is 423. The number of nitrogens with two attached hydrogens (primary N) is 1. The zero-order chi connectivity index (χ0) is 14.1. The summed E-state index contributed by atoms with van der Waals surface area (Å²) in [7, 11) is 0. The number of halogens is 2. The molecular weight excluding hydrogens is 285 g/mol. The Morgan fingerprint density at radius 2 is 2.21 bits per heavy atom. The smallest absolute Gasteiger partial charge is 0.188 e. The van der Waals surface area contributed by atoms with Crippen LogP contribution in [0.1, 0.15) is 19.8 Å². The molecule has 0 amide bonds. The summed E-state index contributed by atoms with van der Waals surface area (Å²) >= 11 is 11.7. The first-order valence-electron chi connectivity index (χ1n) is 6.22. The van der Waals surface area contributed by atoms with Crippen molar-refractivity contribution in [2.24, 2.45) is 10.7 Å². The summed E-state index contributed by atoms with van der Waals surface area (Å²) in [6.07, 6.45) is 3.70. The number of aliphatic imine (C=N–C) groups is 1. The molecule has 0 aliphatic rings. The normalized spacial score (nSPS) is 11.4. The molecule has 4 N–H and O–H groups in total. The second-order valence-corrected chi connectivity index (χ2v) is 4.80. The van der Waals surface area contributed by atoms with E-state index in [9.17, 15) is 0 Å². The van der Waals surface area contributed by atoms with Crippen LogP contribution in [0.3, 0.4) is 0 Å². The molecule has 106 valence electrons. The molecule has 5 nitrogen and oxygen atoms in total. The van der Waals surface area contributed by atoms with Gasteiger partial charge in [-0.25, -0.2) is 4.98 Å². The van der Waals surface area contributed by atoms with Crippen LogP contribution in [0.25, 0.3) is 0 Å². The van der Waals surface area contributed by atoms with Crippen LogP contribution in [0, 0.1) is 0 Å². The predicted molar refractivity (Wildman–Crippen MR) is 82.1 cm³/mol. The predicted octanol–water partition coefficient (Wildman–Crippen LogP) is 2.50. The van der Waals surface area contributed by atoms with E-state index in [4.69, 9.17) is 28.9 Å². The summed E-state index contributed by atoms with van der Waals surface area (Å²) in [5.41, 5.74) is 5.70. The average Bonchev–Trinajstić information content (AvgIpc) is 2.37. The highest BCUT2D eigenvalue weighted by Crippen LogP contribution is 2.21. The van der Waals surface area contributed by atoms with Crippen LogP contribution < -0.4 is 16.4 Å². The highest BCUT2D eigenvalue weighted by atomic mass is 35.5. The number of nitrogens with one attached hydrogen (secondary N) is 2. The molecule has 0 fully saturated rings. The summed E-state index contributed by atoms with van der Waals surface area (Å²) in [6.45, 7) is 4.15. The number of hydrogen-bond acceptors (Lipinski definition) is 3. The van der Waals surface area contributed by atoms with Gasteiger partial charge in [0.15, 0.2) is 5.96 Å². The van der Waals surface area contributed by atoms with E-state index >= 15 is 0 Å². The Morgan fingerprint density at radius 1 is 1.42 bits per heavy atom. The highest BCUT2D eigenvalue weighted by molar-refractivity contribution is 6.35. The molecule has 0 aliphatic carbocycles. The zero-order valence-electron chi connectivity index (χ0n) is 10.9. The molecule has 0 unspecified atom stereocenters. The number of anilines is 1. The van der Waals surface area contributed by atoms with E-state index in [1.165, 1.54) is 0 Å². The van der Waals surface area contributed by atoms with Crippen molar-refractivity contribution in [3.05, 3.63) is 22.3 Å². The summed E-state index contributed by atoms with van der Waals surface area (Å²) in [4.78, 5) is 8.27. The molecule has 7 heteroatoms. The monoisotopic (exact) mass is 303 g/mol. The maximum absolute atomic E-state index is 5.98. The topological polar surface area (TPSA) is 75.3 Å². The minimum Gasteiger partial charge on any atom is -0.370 e. The lowest BCUT2D eigenvalue weighted by molar-refractivity contribution is 0.795. The molecule has 0 atom stereocenters. The van der Waals surface area contributed by atoms with Crippen molar-refractivity contribution in [3.63, 3.8) is 0 Å². The quantitative estimate of drug-likeness (QED) is 0.411. The maximum atomic E-state index is 5.98. The van der Waals surface area contributed by atoms with E-state index in [0.29, 0.717) is 34.9 Å². The molecule has 0 aliphatic heterocycles. The van der Waals surface area contributed by atoms with Crippen molar-refractivity contribution >= 4 is 35.0 Å². The molecule has 0 saturated carbocycles. The van der Waals surface area contributed by atoms with E-state index in [-0.39, 0.29) is 0 Å². The van der Waals surface area contributed by atoms with Gasteiger partial charge in [0.05, 0.1) is 10.0 Å². The SMILES string of the molecule is CCCCN=C(N)NCCNc1ncc(Cl)cc1Cl. The average molecular weight is 304 g/mol. The molecule has 0 spiro atoms. The van der Waals surface area contributed by atoms with Crippen molar-refractivity contribution in [2.75, 3.05) is 25.0 Å². The fourth-order valence-electron chi connectivity index (χ4n) is 1.33. The van der Waals surface area contributed by atoms with Crippen LogP contribution in [0.4, 0.5) is 5.82 Å². The summed E-state index contributed by atoms with van der Waals surface area (Å²) in [5, 5.41) is 7.11. The van der Waals surface area contributed by atoms with Crippen LogP contribution in [-0.4, -0.2) is 30.6 Å². The number of hydrogen-bond donors (Lipinski definition) is 3. The molecule has 19 heavy (non-hydrogen) atoms. The van der Waals surface area contributed by atoms with Gasteiger partial charge in [-0.05, 0) is 12.5 Å². The van der Waals surface area contributed by atoms with Gasteiger partial charge in [0.1, 0.15) is 5.82 Å².